The van der Waals surface area contributed by atoms with E-state index < -0.39 is 36.0 Å². The average Bonchev–Trinajstić information content (AvgIpc) is 2.66. The highest BCUT2D eigenvalue weighted by atomic mass is 16.7. The van der Waals surface area contributed by atoms with E-state index in [-0.39, 0.29) is 6.61 Å². The number of aliphatic hydroxyl groups excluding tert-OH is 2. The molecule has 2 rings (SSSR count). The second-order valence-corrected chi connectivity index (χ2v) is 3.14. The van der Waals surface area contributed by atoms with Gasteiger partial charge in [0.25, 0.3) is 0 Å². The first-order valence-corrected chi connectivity index (χ1v) is 4.19. The monoisotopic (exact) mass is 202 g/mol. The first kappa shape index (κ1) is 9.29. The number of carbonyl (C=O) groups excluding carboxylic acids is 1. The van der Waals surface area contributed by atoms with E-state index >= 15 is 0 Å². The van der Waals surface area contributed by atoms with Gasteiger partial charge in [0.2, 0.25) is 5.76 Å². The lowest BCUT2D eigenvalue weighted by Crippen LogP contribution is -2.30. The molecule has 2 aliphatic heterocycles. The van der Waals surface area contributed by atoms with E-state index in [1.54, 1.807) is 6.92 Å². The van der Waals surface area contributed by atoms with Crippen molar-refractivity contribution >= 4 is 5.97 Å². The van der Waals surface area contributed by atoms with Gasteiger partial charge in [-0.25, -0.2) is 4.79 Å². The molecule has 0 saturated carbocycles. The van der Waals surface area contributed by atoms with E-state index in [4.69, 9.17) is 19.3 Å². The molecule has 2 heterocycles. The molecule has 0 aromatic rings. The van der Waals surface area contributed by atoms with Crippen LogP contribution in [-0.2, 0) is 19.0 Å². The number of cyclic esters (lactones) is 1. The molecule has 0 aromatic carbocycles. The van der Waals surface area contributed by atoms with Crippen molar-refractivity contribution < 1.29 is 29.2 Å². The average molecular weight is 202 g/mol. The fraction of sp³-hybridized carbons (Fsp3) is 0.625. The van der Waals surface area contributed by atoms with Gasteiger partial charge in [-0.15, -0.1) is 0 Å². The van der Waals surface area contributed by atoms with Gasteiger partial charge in [0.1, 0.15) is 6.10 Å². The zero-order chi connectivity index (χ0) is 10.3. The Morgan fingerprint density at radius 1 is 1.43 bits per heavy atom. The van der Waals surface area contributed by atoms with Crippen LogP contribution in [0.3, 0.4) is 0 Å². The van der Waals surface area contributed by atoms with E-state index in [1.165, 1.54) is 0 Å². The molecule has 6 heteroatoms. The van der Waals surface area contributed by atoms with Gasteiger partial charge in [0.15, 0.2) is 18.2 Å². The summed E-state index contributed by atoms with van der Waals surface area (Å²) in [6, 6.07) is 0. The standard InChI is InChI=1S/C8H10O6/c1-3-12-2-4(13-3)7-5(9)6(10)8(11)14-7/h3-4,7,9-10H,2H2,1H3/t3-,4+,7+/m1/s1. The molecular weight excluding hydrogens is 192 g/mol. The SMILES string of the molecule is C[C@@H]1OC[C@@H]([C@@H]2OC(=O)C(O)=C2O)O1. The zero-order valence-corrected chi connectivity index (χ0v) is 7.47. The molecule has 1 saturated heterocycles. The van der Waals surface area contributed by atoms with Crippen LogP contribution in [-0.4, -0.2) is 41.3 Å². The number of hydrogen-bond acceptors (Lipinski definition) is 6. The van der Waals surface area contributed by atoms with Gasteiger partial charge < -0.3 is 24.4 Å². The Kier molecular flexibility index (Phi) is 2.09. The van der Waals surface area contributed by atoms with Crippen molar-refractivity contribution in [3.05, 3.63) is 11.5 Å². The maximum Gasteiger partial charge on any atom is 0.377 e. The van der Waals surface area contributed by atoms with Crippen molar-refractivity contribution in [3.8, 4) is 0 Å². The quantitative estimate of drug-likeness (QED) is 0.582. The number of aliphatic hydroxyl groups is 2. The molecule has 0 radical (unpaired) electrons. The van der Waals surface area contributed by atoms with Gasteiger partial charge in [-0.1, -0.05) is 0 Å². The largest absolute Gasteiger partial charge is 0.505 e. The lowest BCUT2D eigenvalue weighted by atomic mass is 10.2. The number of hydrogen-bond donors (Lipinski definition) is 2. The van der Waals surface area contributed by atoms with Crippen molar-refractivity contribution in [2.45, 2.75) is 25.4 Å². The van der Waals surface area contributed by atoms with E-state index in [0.29, 0.717) is 0 Å². The summed E-state index contributed by atoms with van der Waals surface area (Å²) in [4.78, 5) is 10.8. The Hall–Kier alpha value is -1.27. The van der Waals surface area contributed by atoms with Gasteiger partial charge in [-0.05, 0) is 6.92 Å². The first-order chi connectivity index (χ1) is 6.59. The van der Waals surface area contributed by atoms with Crippen LogP contribution in [0.5, 0.6) is 0 Å². The fourth-order valence-corrected chi connectivity index (χ4v) is 1.43. The van der Waals surface area contributed by atoms with Crippen LogP contribution >= 0.6 is 0 Å². The molecule has 6 nitrogen and oxygen atoms in total. The van der Waals surface area contributed by atoms with E-state index in [0.717, 1.165) is 0 Å². The molecule has 14 heavy (non-hydrogen) atoms. The summed E-state index contributed by atoms with van der Waals surface area (Å²) in [6.45, 7) is 1.91. The summed E-state index contributed by atoms with van der Waals surface area (Å²) >= 11 is 0. The second kappa shape index (κ2) is 3.14. The summed E-state index contributed by atoms with van der Waals surface area (Å²) in [5, 5.41) is 18.3. The highest BCUT2D eigenvalue weighted by Gasteiger charge is 2.43. The van der Waals surface area contributed by atoms with Crippen LogP contribution < -0.4 is 0 Å². The highest BCUT2D eigenvalue weighted by molar-refractivity contribution is 5.89. The third-order valence-electron chi connectivity index (χ3n) is 2.14. The minimum atomic E-state index is -0.951. The summed E-state index contributed by atoms with van der Waals surface area (Å²) in [6.07, 6.45) is -1.90. The zero-order valence-electron chi connectivity index (χ0n) is 7.47. The molecule has 3 atom stereocenters. The predicted octanol–water partition coefficient (Wildman–Crippen LogP) is 0.000800. The van der Waals surface area contributed by atoms with E-state index in [1.807, 2.05) is 0 Å². The lowest BCUT2D eigenvalue weighted by molar-refractivity contribution is -0.148. The molecule has 2 aliphatic rings. The van der Waals surface area contributed by atoms with Crippen molar-refractivity contribution in [3.63, 3.8) is 0 Å². The summed E-state index contributed by atoms with van der Waals surface area (Å²) in [5.41, 5.74) is 0. The third kappa shape index (κ3) is 1.32. The van der Waals surface area contributed by atoms with Crippen molar-refractivity contribution in [2.24, 2.45) is 0 Å². The van der Waals surface area contributed by atoms with Crippen LogP contribution in [0.4, 0.5) is 0 Å². The molecule has 78 valence electrons. The molecule has 0 unspecified atom stereocenters. The Balaban J connectivity index is 2.11. The topological polar surface area (TPSA) is 85.2 Å². The van der Waals surface area contributed by atoms with Gasteiger partial charge in [0.05, 0.1) is 6.61 Å². The maximum atomic E-state index is 10.8. The molecular formula is C8H10O6. The van der Waals surface area contributed by atoms with E-state index in [2.05, 4.69) is 0 Å². The minimum absolute atomic E-state index is 0.219. The molecule has 2 N–H and O–H groups in total. The normalized spacial score (nSPS) is 37.8. The second-order valence-electron chi connectivity index (χ2n) is 3.14. The van der Waals surface area contributed by atoms with Crippen LogP contribution in [0, 0.1) is 0 Å². The number of esters is 1. The summed E-state index contributed by atoms with van der Waals surface area (Å²) < 4.78 is 15.0. The molecule has 0 bridgehead atoms. The molecule has 1 fully saturated rings. The van der Waals surface area contributed by atoms with Crippen molar-refractivity contribution in [1.29, 1.82) is 0 Å². The Morgan fingerprint density at radius 3 is 2.57 bits per heavy atom. The number of carbonyl (C=O) groups is 1. The number of ether oxygens (including phenoxy) is 3. The lowest BCUT2D eigenvalue weighted by Gasteiger charge is -2.15. The van der Waals surface area contributed by atoms with Gasteiger partial charge in [-0.3, -0.25) is 0 Å². The Bertz CT molecular complexity index is 296. The van der Waals surface area contributed by atoms with Crippen molar-refractivity contribution in [2.75, 3.05) is 6.61 Å². The molecule has 0 aromatic heterocycles. The fourth-order valence-electron chi connectivity index (χ4n) is 1.43. The smallest absolute Gasteiger partial charge is 0.377 e. The number of rotatable bonds is 1. The van der Waals surface area contributed by atoms with Gasteiger partial charge in [0, 0.05) is 0 Å². The van der Waals surface area contributed by atoms with Crippen LogP contribution in [0.2, 0.25) is 0 Å². The van der Waals surface area contributed by atoms with Crippen LogP contribution in [0.15, 0.2) is 11.5 Å². The first-order valence-electron chi connectivity index (χ1n) is 4.19. The van der Waals surface area contributed by atoms with Crippen molar-refractivity contribution in [1.82, 2.24) is 0 Å². The van der Waals surface area contributed by atoms with Crippen LogP contribution in [0.25, 0.3) is 0 Å². The third-order valence-corrected chi connectivity index (χ3v) is 2.14. The molecule has 0 amide bonds. The minimum Gasteiger partial charge on any atom is -0.505 e. The molecule has 0 aliphatic carbocycles. The van der Waals surface area contributed by atoms with Gasteiger partial charge in [-0.2, -0.15) is 0 Å². The summed E-state index contributed by atoms with van der Waals surface area (Å²) in [5.74, 6) is -2.17. The van der Waals surface area contributed by atoms with E-state index in [9.17, 15) is 9.90 Å². The molecule has 0 spiro atoms. The Morgan fingerprint density at radius 2 is 2.14 bits per heavy atom. The Labute approximate surface area is 79.7 Å². The maximum absolute atomic E-state index is 10.8. The summed E-state index contributed by atoms with van der Waals surface area (Å²) in [7, 11) is 0. The van der Waals surface area contributed by atoms with Gasteiger partial charge >= 0.3 is 5.97 Å². The predicted molar refractivity (Wildman–Crippen MR) is 42.5 cm³/mol. The van der Waals surface area contributed by atoms with Crippen LogP contribution in [0.1, 0.15) is 6.92 Å². The highest BCUT2D eigenvalue weighted by Crippen LogP contribution is 2.26.